The lowest BCUT2D eigenvalue weighted by molar-refractivity contribution is 0.0991. The average molecular weight is 529 g/mol. The Kier molecular flexibility index (Phi) is 7.59. The van der Waals surface area contributed by atoms with Crippen LogP contribution in [0.2, 0.25) is 5.02 Å². The van der Waals surface area contributed by atoms with Crippen LogP contribution in [0, 0.1) is 5.82 Å². The molecule has 2 aromatic heterocycles. The summed E-state index contributed by atoms with van der Waals surface area (Å²) >= 11 is 6.41. The number of morpholine rings is 1. The number of nitrogens with one attached hydrogen (secondary N) is 2. The Morgan fingerprint density at radius 1 is 1.16 bits per heavy atom. The number of hydrogen-bond acceptors (Lipinski definition) is 7. The van der Waals surface area contributed by atoms with E-state index < -0.39 is 6.03 Å². The Hall–Kier alpha value is -3.21. The molecule has 0 radical (unpaired) electrons. The fourth-order valence-electron chi connectivity index (χ4n) is 4.74. The van der Waals surface area contributed by atoms with Crippen molar-refractivity contribution >= 4 is 45.6 Å². The normalized spacial score (nSPS) is 19.1. The zero-order chi connectivity index (χ0) is 25.9. The van der Waals surface area contributed by atoms with Crippen molar-refractivity contribution in [2.75, 3.05) is 55.4 Å². The van der Waals surface area contributed by atoms with Crippen molar-refractivity contribution in [3.63, 3.8) is 0 Å². The number of aromatic nitrogens is 2. The summed E-state index contributed by atoms with van der Waals surface area (Å²) in [7, 11) is 2.09. The highest BCUT2D eigenvalue weighted by molar-refractivity contribution is 6.32. The molecular formula is C26H30ClFN6O3. The summed E-state index contributed by atoms with van der Waals surface area (Å²) in [6.45, 7) is 5.61. The van der Waals surface area contributed by atoms with Gasteiger partial charge < -0.3 is 29.9 Å². The van der Waals surface area contributed by atoms with Crippen LogP contribution in [-0.4, -0.2) is 72.9 Å². The fourth-order valence-corrected chi connectivity index (χ4v) is 4.95. The number of likely N-dealkylation sites (tertiary alicyclic amines) is 1. The van der Waals surface area contributed by atoms with Crippen LogP contribution in [0.3, 0.4) is 0 Å². The first-order chi connectivity index (χ1) is 17.9. The van der Waals surface area contributed by atoms with Crippen LogP contribution in [0.25, 0.3) is 10.9 Å². The van der Waals surface area contributed by atoms with Gasteiger partial charge in [0.2, 0.25) is 5.88 Å². The van der Waals surface area contributed by atoms with E-state index in [-0.39, 0.29) is 18.0 Å². The van der Waals surface area contributed by atoms with Gasteiger partial charge in [0, 0.05) is 31.1 Å². The second-order valence-electron chi connectivity index (χ2n) is 9.51. The van der Waals surface area contributed by atoms with E-state index in [0.717, 1.165) is 25.9 Å². The molecule has 0 aliphatic carbocycles. The predicted molar refractivity (Wildman–Crippen MR) is 142 cm³/mol. The molecule has 4 heterocycles. The van der Waals surface area contributed by atoms with Crippen LogP contribution < -0.4 is 20.3 Å². The molecule has 2 aliphatic heterocycles. The Balaban J connectivity index is 1.33. The van der Waals surface area contributed by atoms with Gasteiger partial charge in [-0.15, -0.1) is 0 Å². The molecule has 9 nitrogen and oxygen atoms in total. The number of piperidine rings is 1. The topological polar surface area (TPSA) is 91.9 Å². The minimum absolute atomic E-state index is 0.0337. The van der Waals surface area contributed by atoms with Crippen LogP contribution >= 0.6 is 11.6 Å². The maximum atomic E-state index is 14.2. The third-order valence-corrected chi connectivity index (χ3v) is 6.98. The smallest absolute Gasteiger partial charge is 0.323 e. The highest BCUT2D eigenvalue weighted by Gasteiger charge is 2.25. The third-order valence-electron chi connectivity index (χ3n) is 6.71. The van der Waals surface area contributed by atoms with Crippen molar-refractivity contribution in [3.05, 3.63) is 47.5 Å². The van der Waals surface area contributed by atoms with Gasteiger partial charge in [-0.3, -0.25) is 4.98 Å². The fraction of sp³-hybridized carbons (Fsp3) is 0.423. The number of fused-ring (bicyclic) bond motifs is 1. The zero-order valence-electron chi connectivity index (χ0n) is 20.8. The summed E-state index contributed by atoms with van der Waals surface area (Å²) in [6, 6.07) is 5.59. The number of pyridine rings is 2. The van der Waals surface area contributed by atoms with E-state index in [4.69, 9.17) is 21.1 Å². The molecular weight excluding hydrogens is 499 g/mol. The van der Waals surface area contributed by atoms with Gasteiger partial charge in [-0.05, 0) is 51.1 Å². The molecule has 2 amide bonds. The first kappa shape index (κ1) is 25.4. The molecule has 5 rings (SSSR count). The summed E-state index contributed by atoms with van der Waals surface area (Å²) < 4.78 is 25.8. The number of ether oxygens (including phenoxy) is 2. The van der Waals surface area contributed by atoms with Crippen LogP contribution in [0.15, 0.2) is 36.7 Å². The summed E-state index contributed by atoms with van der Waals surface area (Å²) in [5.41, 5.74) is 2.22. The largest absolute Gasteiger partial charge is 0.473 e. The second kappa shape index (κ2) is 11.0. The number of benzene rings is 1. The molecule has 1 aromatic carbocycles. The van der Waals surface area contributed by atoms with Crippen LogP contribution in [0.4, 0.5) is 26.2 Å². The number of rotatable bonds is 5. The van der Waals surface area contributed by atoms with Gasteiger partial charge in [-0.25, -0.2) is 14.2 Å². The molecule has 2 N–H and O–H groups in total. The predicted octanol–water partition coefficient (Wildman–Crippen LogP) is 4.76. The van der Waals surface area contributed by atoms with Crippen molar-refractivity contribution in [2.24, 2.45) is 0 Å². The minimum atomic E-state index is -0.499. The number of amides is 2. The van der Waals surface area contributed by atoms with E-state index >= 15 is 0 Å². The Bertz CT molecular complexity index is 1290. The number of carbonyl (C=O) groups is 1. The molecule has 196 valence electrons. The van der Waals surface area contributed by atoms with Crippen LogP contribution in [0.1, 0.15) is 19.8 Å². The lowest BCUT2D eigenvalue weighted by atomic mass is 10.1. The highest BCUT2D eigenvalue weighted by Crippen LogP contribution is 2.36. The van der Waals surface area contributed by atoms with E-state index in [1.165, 1.54) is 18.3 Å². The number of carbonyl (C=O) groups excluding carboxylic acids is 1. The molecule has 11 heteroatoms. The van der Waals surface area contributed by atoms with E-state index in [1.807, 2.05) is 6.92 Å². The third kappa shape index (κ3) is 5.87. The van der Waals surface area contributed by atoms with E-state index in [9.17, 15) is 9.18 Å². The Morgan fingerprint density at radius 3 is 2.73 bits per heavy atom. The molecule has 0 bridgehead atoms. The molecule has 2 aliphatic rings. The molecule has 37 heavy (non-hydrogen) atoms. The molecule has 3 aromatic rings. The monoisotopic (exact) mass is 528 g/mol. The number of urea groups is 1. The van der Waals surface area contributed by atoms with Crippen LogP contribution in [-0.2, 0) is 4.74 Å². The molecule has 0 saturated carbocycles. The standard InChI is InChI=1S/C26H30ClFN6O3/c1-16-15-36-10-9-34(16)24-20-11-17(28)3-4-22(20)29-14-23(24)32-26(35)31-18-12-21(27)25(30-13-18)37-19-5-7-33(2)8-6-19/h3-4,11-14,16,19H,5-10,15H2,1-2H3,(H2,31,32,35)/t16-/m0/s1. The lowest BCUT2D eigenvalue weighted by Gasteiger charge is -2.37. The van der Waals surface area contributed by atoms with Gasteiger partial charge in [0.25, 0.3) is 0 Å². The average Bonchev–Trinajstić information content (AvgIpc) is 2.87. The lowest BCUT2D eigenvalue weighted by Crippen LogP contribution is -2.44. The first-order valence-corrected chi connectivity index (χ1v) is 12.8. The van der Waals surface area contributed by atoms with Crippen molar-refractivity contribution in [1.29, 1.82) is 0 Å². The quantitative estimate of drug-likeness (QED) is 0.493. The van der Waals surface area contributed by atoms with Gasteiger partial charge in [0.1, 0.15) is 16.9 Å². The van der Waals surface area contributed by atoms with Gasteiger partial charge in [0.05, 0.1) is 48.2 Å². The highest BCUT2D eigenvalue weighted by atomic mass is 35.5. The van der Waals surface area contributed by atoms with Gasteiger partial charge in [-0.1, -0.05) is 11.6 Å². The Morgan fingerprint density at radius 2 is 1.97 bits per heavy atom. The molecule has 0 spiro atoms. The first-order valence-electron chi connectivity index (χ1n) is 12.4. The van der Waals surface area contributed by atoms with Gasteiger partial charge in [0.15, 0.2) is 0 Å². The minimum Gasteiger partial charge on any atom is -0.473 e. The molecule has 2 saturated heterocycles. The van der Waals surface area contributed by atoms with Gasteiger partial charge >= 0.3 is 6.03 Å². The summed E-state index contributed by atoms with van der Waals surface area (Å²) in [5.74, 6) is -0.0205. The van der Waals surface area contributed by atoms with Crippen LogP contribution in [0.5, 0.6) is 5.88 Å². The summed E-state index contributed by atoms with van der Waals surface area (Å²) in [6.07, 6.45) is 4.97. The van der Waals surface area contributed by atoms with E-state index in [0.29, 0.717) is 58.6 Å². The van der Waals surface area contributed by atoms with Crippen molar-refractivity contribution in [2.45, 2.75) is 31.9 Å². The molecule has 1 atom stereocenters. The zero-order valence-corrected chi connectivity index (χ0v) is 21.6. The molecule has 2 fully saturated rings. The molecule has 0 unspecified atom stereocenters. The maximum Gasteiger partial charge on any atom is 0.323 e. The number of halogens is 2. The van der Waals surface area contributed by atoms with Crippen molar-refractivity contribution in [3.8, 4) is 5.88 Å². The number of anilines is 3. The van der Waals surface area contributed by atoms with E-state index in [1.54, 1.807) is 18.3 Å². The second-order valence-corrected chi connectivity index (χ2v) is 9.92. The van der Waals surface area contributed by atoms with Gasteiger partial charge in [-0.2, -0.15) is 0 Å². The van der Waals surface area contributed by atoms with Crippen molar-refractivity contribution in [1.82, 2.24) is 14.9 Å². The Labute approximate surface area is 219 Å². The number of nitrogens with zero attached hydrogens (tertiary/aromatic N) is 4. The number of hydrogen-bond donors (Lipinski definition) is 2. The SMILES string of the molecule is C[C@H]1COCCN1c1c(NC(=O)Nc2cnc(OC3CCN(C)CC3)c(Cl)c2)cnc2ccc(F)cc12. The van der Waals surface area contributed by atoms with E-state index in [2.05, 4.69) is 37.4 Å². The van der Waals surface area contributed by atoms with Crippen molar-refractivity contribution < 1.29 is 18.7 Å². The summed E-state index contributed by atoms with van der Waals surface area (Å²) in [5, 5.41) is 6.57. The maximum absolute atomic E-state index is 14.2. The summed E-state index contributed by atoms with van der Waals surface area (Å²) in [4.78, 5) is 26.1.